The molecule has 0 aromatic carbocycles. The van der Waals surface area contributed by atoms with Crippen molar-refractivity contribution < 1.29 is 17.6 Å². The zero-order valence-corrected chi connectivity index (χ0v) is 11.7. The number of halogens is 1. The van der Waals surface area contributed by atoms with E-state index in [9.17, 15) is 17.6 Å². The number of carbonyl (C=O) groups is 1. The maximum Gasteiger partial charge on any atom is 0.252 e. The van der Waals surface area contributed by atoms with E-state index in [0.29, 0.717) is 0 Å². The number of hydrogen-bond donors (Lipinski definition) is 2. The second-order valence-corrected chi connectivity index (χ2v) is 6.56. The maximum atomic E-state index is 12.6. The van der Waals surface area contributed by atoms with Crippen molar-refractivity contribution in [2.24, 2.45) is 0 Å². The van der Waals surface area contributed by atoms with Gasteiger partial charge in [0.25, 0.3) is 5.91 Å². The number of pyridine rings is 1. The normalized spacial score (nSPS) is 12.2. The summed E-state index contributed by atoms with van der Waals surface area (Å²) in [5.41, 5.74) is -0.618. The first kappa shape index (κ1) is 15.5. The highest BCUT2D eigenvalue weighted by Gasteiger charge is 2.23. The lowest BCUT2D eigenvalue weighted by Gasteiger charge is -2.25. The largest absolute Gasteiger partial charge is 0.350 e. The minimum absolute atomic E-state index is 0.0935. The molecular weight excluding hydrogens is 273 g/mol. The molecule has 1 aromatic heterocycles. The van der Waals surface area contributed by atoms with Gasteiger partial charge in [0, 0.05) is 18.3 Å². The third-order valence-electron chi connectivity index (χ3n) is 2.14. The van der Waals surface area contributed by atoms with Crippen molar-refractivity contribution in [2.45, 2.75) is 19.4 Å². The Kier molecular flexibility index (Phi) is 4.59. The summed E-state index contributed by atoms with van der Waals surface area (Å²) in [6.07, 6.45) is 2.15. The van der Waals surface area contributed by atoms with Crippen LogP contribution in [0.15, 0.2) is 18.3 Å². The van der Waals surface area contributed by atoms with Crippen LogP contribution in [0.25, 0.3) is 0 Å². The fourth-order valence-corrected chi connectivity index (χ4v) is 2.53. The van der Waals surface area contributed by atoms with E-state index in [1.54, 1.807) is 13.8 Å². The van der Waals surface area contributed by atoms with Crippen LogP contribution in [0.1, 0.15) is 24.2 Å². The molecular formula is C11H16FN3O3S. The molecule has 1 heterocycles. The van der Waals surface area contributed by atoms with E-state index in [1.165, 1.54) is 6.07 Å². The number of carbonyl (C=O) groups excluding carboxylic acids is 1. The third-order valence-corrected chi connectivity index (χ3v) is 3.07. The Labute approximate surface area is 111 Å². The molecule has 106 valence electrons. The predicted octanol–water partition coefficient (Wildman–Crippen LogP) is 0.278. The zero-order chi connectivity index (χ0) is 14.7. The van der Waals surface area contributed by atoms with Gasteiger partial charge in [-0.2, -0.15) is 4.39 Å². The van der Waals surface area contributed by atoms with Crippen LogP contribution in [-0.4, -0.2) is 37.6 Å². The number of sulfonamides is 1. The quantitative estimate of drug-likeness (QED) is 0.762. The van der Waals surface area contributed by atoms with E-state index in [4.69, 9.17) is 0 Å². The second kappa shape index (κ2) is 5.62. The van der Waals surface area contributed by atoms with Gasteiger partial charge in [0.15, 0.2) is 0 Å². The summed E-state index contributed by atoms with van der Waals surface area (Å²) in [6, 6.07) is 2.38. The molecule has 0 fully saturated rings. The Morgan fingerprint density at radius 1 is 1.42 bits per heavy atom. The van der Waals surface area contributed by atoms with Crippen molar-refractivity contribution in [3.8, 4) is 0 Å². The first-order valence-corrected chi connectivity index (χ1v) is 7.37. The molecule has 1 aromatic rings. The molecule has 0 bridgehead atoms. The summed E-state index contributed by atoms with van der Waals surface area (Å²) < 4.78 is 37.2. The average Bonchev–Trinajstić information content (AvgIpc) is 2.24. The van der Waals surface area contributed by atoms with Gasteiger partial charge in [-0.25, -0.2) is 18.1 Å². The second-order valence-electron chi connectivity index (χ2n) is 4.81. The molecule has 1 rings (SSSR count). The number of amides is 1. The molecule has 8 heteroatoms. The van der Waals surface area contributed by atoms with Crippen LogP contribution >= 0.6 is 0 Å². The van der Waals surface area contributed by atoms with E-state index < -0.39 is 27.4 Å². The number of nitrogens with one attached hydrogen (secondary N) is 2. The Bertz CT molecular complexity index is 555. The summed E-state index contributed by atoms with van der Waals surface area (Å²) in [5.74, 6) is -1.12. The van der Waals surface area contributed by atoms with E-state index >= 15 is 0 Å². The molecule has 0 radical (unpaired) electrons. The van der Waals surface area contributed by atoms with Gasteiger partial charge in [0.1, 0.15) is 0 Å². The van der Waals surface area contributed by atoms with E-state index in [-0.39, 0.29) is 12.1 Å². The first-order chi connectivity index (χ1) is 8.59. The lowest BCUT2D eigenvalue weighted by molar-refractivity contribution is 0.0944. The highest BCUT2D eigenvalue weighted by Crippen LogP contribution is 2.04. The minimum Gasteiger partial charge on any atom is -0.350 e. The fourth-order valence-electron chi connectivity index (χ4n) is 1.45. The number of rotatable bonds is 5. The van der Waals surface area contributed by atoms with Crippen molar-refractivity contribution in [3.63, 3.8) is 0 Å². The SMILES string of the molecule is CC(C)(CNC(=O)c1ccc(F)nc1)NS(C)(=O)=O. The smallest absolute Gasteiger partial charge is 0.252 e. The Morgan fingerprint density at radius 2 is 2.05 bits per heavy atom. The first-order valence-electron chi connectivity index (χ1n) is 5.48. The van der Waals surface area contributed by atoms with Gasteiger partial charge in [0.05, 0.1) is 11.8 Å². The molecule has 0 saturated heterocycles. The van der Waals surface area contributed by atoms with Crippen molar-refractivity contribution in [1.29, 1.82) is 0 Å². The summed E-state index contributed by atoms with van der Waals surface area (Å²) in [4.78, 5) is 15.1. The lowest BCUT2D eigenvalue weighted by Crippen LogP contribution is -2.51. The van der Waals surface area contributed by atoms with Gasteiger partial charge in [-0.15, -0.1) is 0 Å². The van der Waals surface area contributed by atoms with Crippen molar-refractivity contribution in [3.05, 3.63) is 29.8 Å². The Balaban J connectivity index is 2.61. The van der Waals surface area contributed by atoms with E-state index in [2.05, 4.69) is 15.0 Å². The molecule has 0 unspecified atom stereocenters. The predicted molar refractivity (Wildman–Crippen MR) is 68.6 cm³/mol. The van der Waals surface area contributed by atoms with Gasteiger partial charge in [-0.1, -0.05) is 0 Å². The van der Waals surface area contributed by atoms with Crippen LogP contribution in [0.4, 0.5) is 4.39 Å². The summed E-state index contributed by atoms with van der Waals surface area (Å²) >= 11 is 0. The maximum absolute atomic E-state index is 12.6. The molecule has 0 aliphatic rings. The highest BCUT2D eigenvalue weighted by atomic mass is 32.2. The third kappa shape index (κ3) is 5.75. The molecule has 0 aliphatic carbocycles. The van der Waals surface area contributed by atoms with Gasteiger partial charge in [-0.3, -0.25) is 4.79 Å². The monoisotopic (exact) mass is 289 g/mol. The topological polar surface area (TPSA) is 88.2 Å². The van der Waals surface area contributed by atoms with E-state index in [1.807, 2.05) is 0 Å². The highest BCUT2D eigenvalue weighted by molar-refractivity contribution is 7.88. The Hall–Kier alpha value is -1.54. The van der Waals surface area contributed by atoms with Gasteiger partial charge in [0.2, 0.25) is 16.0 Å². The van der Waals surface area contributed by atoms with Crippen LogP contribution in [0.2, 0.25) is 0 Å². The zero-order valence-electron chi connectivity index (χ0n) is 10.9. The molecule has 1 amide bonds. The minimum atomic E-state index is -3.36. The number of hydrogen-bond acceptors (Lipinski definition) is 4. The molecule has 0 atom stereocenters. The van der Waals surface area contributed by atoms with E-state index in [0.717, 1.165) is 18.5 Å². The summed E-state index contributed by atoms with van der Waals surface area (Å²) in [7, 11) is -3.36. The Morgan fingerprint density at radius 3 is 2.53 bits per heavy atom. The summed E-state index contributed by atoms with van der Waals surface area (Å²) in [6.45, 7) is 3.37. The van der Waals surface area contributed by atoms with Crippen molar-refractivity contribution >= 4 is 15.9 Å². The molecule has 0 saturated carbocycles. The number of nitrogens with zero attached hydrogens (tertiary/aromatic N) is 1. The molecule has 2 N–H and O–H groups in total. The van der Waals surface area contributed by atoms with Crippen molar-refractivity contribution in [2.75, 3.05) is 12.8 Å². The van der Waals surface area contributed by atoms with Gasteiger partial charge in [-0.05, 0) is 26.0 Å². The number of aromatic nitrogens is 1. The van der Waals surface area contributed by atoms with Crippen LogP contribution in [0.5, 0.6) is 0 Å². The van der Waals surface area contributed by atoms with Crippen LogP contribution in [-0.2, 0) is 10.0 Å². The molecule has 0 spiro atoms. The van der Waals surface area contributed by atoms with Crippen LogP contribution in [0.3, 0.4) is 0 Å². The standard InChI is InChI=1S/C11H16FN3O3S/c1-11(2,15-19(3,17)18)7-14-10(16)8-4-5-9(12)13-6-8/h4-6,15H,7H2,1-3H3,(H,14,16). The lowest BCUT2D eigenvalue weighted by atomic mass is 10.1. The molecule has 6 nitrogen and oxygen atoms in total. The molecule has 19 heavy (non-hydrogen) atoms. The van der Waals surface area contributed by atoms with Crippen LogP contribution < -0.4 is 10.0 Å². The average molecular weight is 289 g/mol. The fraction of sp³-hybridized carbons (Fsp3) is 0.455. The van der Waals surface area contributed by atoms with Crippen LogP contribution in [0, 0.1) is 5.95 Å². The molecule has 0 aliphatic heterocycles. The summed E-state index contributed by atoms with van der Waals surface area (Å²) in [5, 5.41) is 2.55. The van der Waals surface area contributed by atoms with Crippen molar-refractivity contribution in [1.82, 2.24) is 15.0 Å². The van der Waals surface area contributed by atoms with Gasteiger partial charge < -0.3 is 5.32 Å². The van der Waals surface area contributed by atoms with Gasteiger partial charge >= 0.3 is 0 Å².